The summed E-state index contributed by atoms with van der Waals surface area (Å²) < 4.78 is 6.20. The molecule has 0 heterocycles. The normalized spacial score (nSPS) is 12.2. The number of carbonyl (C=O) groups is 2. The number of ketones is 2. The van der Waals surface area contributed by atoms with Crippen LogP contribution >= 0.6 is 0 Å². The fourth-order valence-electron chi connectivity index (χ4n) is 3.48. The molecule has 0 bridgehead atoms. The lowest BCUT2D eigenvalue weighted by Crippen LogP contribution is -2.31. The number of unbranched alkanes of at least 4 members (excludes halogenated alkanes) is 3. The van der Waals surface area contributed by atoms with E-state index in [-0.39, 0.29) is 18.2 Å². The lowest BCUT2D eigenvalue weighted by atomic mass is 9.92. The quantitative estimate of drug-likeness (QED) is 0.307. The maximum atomic E-state index is 12.3. The molecule has 6 heteroatoms. The topological polar surface area (TPSA) is 104 Å². The maximum absolute atomic E-state index is 12.3. The number of aliphatic hydroxyl groups is 3. The van der Waals surface area contributed by atoms with Gasteiger partial charge in [-0.2, -0.15) is 0 Å². The third kappa shape index (κ3) is 7.86. The van der Waals surface area contributed by atoms with Crippen molar-refractivity contribution in [1.29, 1.82) is 0 Å². The standard InChI is InChI=1S/C27H36O6/c1-26(2,31)24(29)21-13-9-19(10-14-21)23(33-18-8-6-5-7-17-28)20-11-15-22(16-12-20)25(30)27(3,4)32/h9-16,23,28,31-32H,5-8,17-18H2,1-4H3. The van der Waals surface area contributed by atoms with Gasteiger partial charge < -0.3 is 20.1 Å². The molecule has 0 spiro atoms. The predicted octanol–water partition coefficient (Wildman–Crippen LogP) is 4.25. The molecule has 6 nitrogen and oxygen atoms in total. The first-order valence-electron chi connectivity index (χ1n) is 11.4. The molecule has 0 aliphatic heterocycles. The average molecular weight is 457 g/mol. The molecule has 3 N–H and O–H groups in total. The lowest BCUT2D eigenvalue weighted by Gasteiger charge is -2.21. The van der Waals surface area contributed by atoms with Crippen molar-refractivity contribution in [2.45, 2.75) is 70.7 Å². The summed E-state index contributed by atoms with van der Waals surface area (Å²) in [5, 5.41) is 28.9. The van der Waals surface area contributed by atoms with Gasteiger partial charge in [0.15, 0.2) is 11.6 Å². The Morgan fingerprint density at radius 2 is 1.12 bits per heavy atom. The van der Waals surface area contributed by atoms with Gasteiger partial charge in [0.2, 0.25) is 0 Å². The van der Waals surface area contributed by atoms with E-state index in [9.17, 15) is 19.8 Å². The number of benzene rings is 2. The Balaban J connectivity index is 2.25. The minimum Gasteiger partial charge on any atom is -0.396 e. The number of rotatable bonds is 13. The van der Waals surface area contributed by atoms with Crippen LogP contribution in [0, 0.1) is 0 Å². The van der Waals surface area contributed by atoms with Crippen molar-refractivity contribution in [2.24, 2.45) is 0 Å². The van der Waals surface area contributed by atoms with Gasteiger partial charge in [-0.3, -0.25) is 9.59 Å². The smallest absolute Gasteiger partial charge is 0.193 e. The van der Waals surface area contributed by atoms with E-state index in [1.165, 1.54) is 27.7 Å². The van der Waals surface area contributed by atoms with Crippen molar-refractivity contribution in [1.82, 2.24) is 0 Å². The molecule has 33 heavy (non-hydrogen) atoms. The van der Waals surface area contributed by atoms with Crippen LogP contribution in [0.2, 0.25) is 0 Å². The number of carbonyl (C=O) groups excluding carboxylic acids is 2. The Hall–Kier alpha value is -2.38. The van der Waals surface area contributed by atoms with Crippen LogP contribution in [0.4, 0.5) is 0 Å². The Bertz CT molecular complexity index is 832. The van der Waals surface area contributed by atoms with Gasteiger partial charge in [-0.1, -0.05) is 61.4 Å². The molecule has 2 rings (SSSR count). The second kappa shape index (κ2) is 11.7. The van der Waals surface area contributed by atoms with Crippen LogP contribution in [0.25, 0.3) is 0 Å². The van der Waals surface area contributed by atoms with Crippen molar-refractivity contribution < 1.29 is 29.6 Å². The number of ether oxygens (including phenoxy) is 1. The van der Waals surface area contributed by atoms with E-state index in [0.29, 0.717) is 17.7 Å². The third-order valence-electron chi connectivity index (χ3n) is 5.40. The summed E-state index contributed by atoms with van der Waals surface area (Å²) in [6.07, 6.45) is 3.11. The van der Waals surface area contributed by atoms with Gasteiger partial charge >= 0.3 is 0 Å². The summed E-state index contributed by atoms with van der Waals surface area (Å²) in [4.78, 5) is 24.7. The molecule has 0 fully saturated rings. The summed E-state index contributed by atoms with van der Waals surface area (Å²) in [5.74, 6) is -0.713. The first-order chi connectivity index (χ1) is 15.4. The lowest BCUT2D eigenvalue weighted by molar-refractivity contribution is 0.0487. The van der Waals surface area contributed by atoms with Crippen molar-refractivity contribution >= 4 is 11.6 Å². The van der Waals surface area contributed by atoms with Crippen LogP contribution in [-0.2, 0) is 4.74 Å². The van der Waals surface area contributed by atoms with E-state index < -0.39 is 17.3 Å². The number of Topliss-reactive ketones (excluding diaryl/α,β-unsaturated/α-hetero) is 2. The highest BCUT2D eigenvalue weighted by Crippen LogP contribution is 2.28. The van der Waals surface area contributed by atoms with Crippen molar-refractivity contribution in [3.05, 3.63) is 70.8 Å². The molecule has 0 radical (unpaired) electrons. The van der Waals surface area contributed by atoms with Crippen LogP contribution in [0.15, 0.2) is 48.5 Å². The summed E-state index contributed by atoms with van der Waals surface area (Å²) in [6, 6.07) is 14.0. The maximum Gasteiger partial charge on any atom is 0.193 e. The van der Waals surface area contributed by atoms with Crippen LogP contribution in [-0.4, -0.2) is 51.3 Å². The molecule has 0 saturated carbocycles. The van der Waals surface area contributed by atoms with Gasteiger partial charge in [-0.25, -0.2) is 0 Å². The number of aliphatic hydroxyl groups excluding tert-OH is 1. The van der Waals surface area contributed by atoms with Crippen molar-refractivity contribution in [2.75, 3.05) is 13.2 Å². The molecule has 0 amide bonds. The molecule has 2 aromatic carbocycles. The van der Waals surface area contributed by atoms with Gasteiger partial charge in [0, 0.05) is 24.3 Å². The fourth-order valence-corrected chi connectivity index (χ4v) is 3.48. The zero-order valence-electron chi connectivity index (χ0n) is 20.0. The second-order valence-corrected chi connectivity index (χ2v) is 9.41. The summed E-state index contributed by atoms with van der Waals surface area (Å²) in [6.45, 7) is 6.55. The van der Waals surface area contributed by atoms with Crippen molar-refractivity contribution in [3.63, 3.8) is 0 Å². The third-order valence-corrected chi connectivity index (χ3v) is 5.40. The molecular formula is C27H36O6. The van der Waals surface area contributed by atoms with Gasteiger partial charge in [0.05, 0.1) is 0 Å². The van der Waals surface area contributed by atoms with E-state index in [4.69, 9.17) is 9.84 Å². The van der Waals surface area contributed by atoms with E-state index in [0.717, 1.165) is 36.8 Å². The van der Waals surface area contributed by atoms with Gasteiger partial charge in [-0.15, -0.1) is 0 Å². The number of hydrogen-bond acceptors (Lipinski definition) is 6. The minimum atomic E-state index is -1.45. The first kappa shape index (κ1) is 26.9. The highest BCUT2D eigenvalue weighted by atomic mass is 16.5. The number of hydrogen-bond donors (Lipinski definition) is 3. The predicted molar refractivity (Wildman–Crippen MR) is 127 cm³/mol. The Morgan fingerprint density at radius 3 is 1.48 bits per heavy atom. The SMILES string of the molecule is CC(C)(O)C(=O)c1ccc(C(OCCCCCCO)c2ccc(C(=O)C(C)(C)O)cc2)cc1. The molecule has 0 unspecified atom stereocenters. The molecule has 0 aromatic heterocycles. The van der Waals surface area contributed by atoms with E-state index >= 15 is 0 Å². The monoisotopic (exact) mass is 456 g/mol. The van der Waals surface area contributed by atoms with E-state index in [1.807, 2.05) is 24.3 Å². The molecule has 0 aliphatic carbocycles. The Kier molecular flexibility index (Phi) is 9.49. The molecule has 0 atom stereocenters. The zero-order chi connectivity index (χ0) is 24.6. The summed E-state index contributed by atoms with van der Waals surface area (Å²) in [7, 11) is 0. The van der Waals surface area contributed by atoms with Gasteiger partial charge in [0.1, 0.15) is 17.3 Å². The van der Waals surface area contributed by atoms with E-state index in [2.05, 4.69) is 0 Å². The van der Waals surface area contributed by atoms with Gasteiger partial charge in [-0.05, 0) is 51.7 Å². The molecular weight excluding hydrogens is 420 g/mol. The highest BCUT2D eigenvalue weighted by molar-refractivity contribution is 6.02. The minimum absolute atomic E-state index is 0.189. The average Bonchev–Trinajstić information content (AvgIpc) is 2.77. The summed E-state index contributed by atoms with van der Waals surface area (Å²) in [5.41, 5.74) is -0.373. The molecule has 180 valence electrons. The van der Waals surface area contributed by atoms with Crippen LogP contribution < -0.4 is 0 Å². The Morgan fingerprint density at radius 1 is 0.727 bits per heavy atom. The molecule has 0 saturated heterocycles. The molecule has 2 aromatic rings. The zero-order valence-corrected chi connectivity index (χ0v) is 20.0. The molecule has 0 aliphatic rings. The fraction of sp³-hybridized carbons (Fsp3) is 0.481. The highest BCUT2D eigenvalue weighted by Gasteiger charge is 2.27. The Labute approximate surface area is 196 Å². The van der Waals surface area contributed by atoms with Crippen molar-refractivity contribution in [3.8, 4) is 0 Å². The second-order valence-electron chi connectivity index (χ2n) is 9.41. The van der Waals surface area contributed by atoms with Crippen LogP contribution in [0.3, 0.4) is 0 Å². The van der Waals surface area contributed by atoms with Crippen LogP contribution in [0.1, 0.15) is 91.3 Å². The van der Waals surface area contributed by atoms with Gasteiger partial charge in [0.25, 0.3) is 0 Å². The van der Waals surface area contributed by atoms with Crippen LogP contribution in [0.5, 0.6) is 0 Å². The first-order valence-corrected chi connectivity index (χ1v) is 11.4. The summed E-state index contributed by atoms with van der Waals surface area (Å²) >= 11 is 0. The largest absolute Gasteiger partial charge is 0.396 e. The van der Waals surface area contributed by atoms with E-state index in [1.54, 1.807) is 24.3 Å².